The van der Waals surface area contributed by atoms with Crippen LogP contribution in [0.4, 0.5) is 11.4 Å². The largest absolute Gasteiger partial charge is 0.494 e. The summed E-state index contributed by atoms with van der Waals surface area (Å²) < 4.78 is 5.77. The van der Waals surface area contributed by atoms with Gasteiger partial charge in [0.05, 0.1) is 13.2 Å². The Kier molecular flexibility index (Phi) is 6.31. The van der Waals surface area contributed by atoms with Crippen molar-refractivity contribution in [3.8, 4) is 5.75 Å². The van der Waals surface area contributed by atoms with Crippen LogP contribution in [-0.4, -0.2) is 19.1 Å². The molecule has 2 N–H and O–H groups in total. The molecule has 1 amide bonds. The van der Waals surface area contributed by atoms with Crippen molar-refractivity contribution in [2.45, 2.75) is 20.3 Å². The van der Waals surface area contributed by atoms with Crippen molar-refractivity contribution in [3.63, 3.8) is 0 Å². The lowest BCUT2D eigenvalue weighted by atomic mass is 10.1. The molecule has 0 aliphatic heterocycles. The van der Waals surface area contributed by atoms with Gasteiger partial charge in [-0.25, -0.2) is 0 Å². The molecule has 140 valence electrons. The van der Waals surface area contributed by atoms with Crippen LogP contribution in [-0.2, 0) is 4.79 Å². The van der Waals surface area contributed by atoms with Gasteiger partial charge in [0, 0.05) is 22.8 Å². The number of ether oxygens (including phenoxy) is 1. The molecule has 0 saturated carbocycles. The number of carbonyl (C=O) groups excluding carboxylic acids is 1. The fourth-order valence-electron chi connectivity index (χ4n) is 2.82. The highest BCUT2D eigenvalue weighted by atomic mass is 16.5. The van der Waals surface area contributed by atoms with Crippen molar-refractivity contribution in [1.82, 2.24) is 0 Å². The van der Waals surface area contributed by atoms with Gasteiger partial charge < -0.3 is 15.4 Å². The molecular formula is C23H26N2O2. The van der Waals surface area contributed by atoms with Crippen molar-refractivity contribution in [2.75, 3.05) is 23.8 Å². The summed E-state index contributed by atoms with van der Waals surface area (Å²) in [6, 6.07) is 21.6. The Labute approximate surface area is 160 Å². The molecule has 0 radical (unpaired) electrons. The minimum atomic E-state index is -0.0857. The van der Waals surface area contributed by atoms with E-state index in [1.807, 2.05) is 66.7 Å². The van der Waals surface area contributed by atoms with Crippen LogP contribution in [0, 0.1) is 5.92 Å². The van der Waals surface area contributed by atoms with Gasteiger partial charge in [-0.1, -0.05) is 56.3 Å². The van der Waals surface area contributed by atoms with E-state index in [1.165, 1.54) is 0 Å². The van der Waals surface area contributed by atoms with Gasteiger partial charge in [0.25, 0.3) is 0 Å². The van der Waals surface area contributed by atoms with Crippen molar-refractivity contribution in [3.05, 3.63) is 66.7 Å². The summed E-state index contributed by atoms with van der Waals surface area (Å²) >= 11 is 0. The van der Waals surface area contributed by atoms with E-state index >= 15 is 0 Å². The SMILES string of the molecule is CC(C)CCOc1cccc(NCC(=O)Nc2cccc3ccccc23)c1. The highest BCUT2D eigenvalue weighted by Gasteiger charge is 2.06. The molecule has 3 rings (SSSR count). The van der Waals surface area contributed by atoms with Gasteiger partial charge >= 0.3 is 0 Å². The van der Waals surface area contributed by atoms with Crippen molar-refractivity contribution < 1.29 is 9.53 Å². The standard InChI is InChI=1S/C23H26N2O2/c1-17(2)13-14-27-20-10-6-9-19(15-20)24-16-23(26)25-22-12-5-8-18-7-3-4-11-21(18)22/h3-12,15,17,24H,13-14,16H2,1-2H3,(H,25,26). The van der Waals surface area contributed by atoms with Gasteiger partial charge in [0.15, 0.2) is 0 Å². The molecule has 4 heteroatoms. The Bertz CT molecular complexity index is 900. The Balaban J connectivity index is 1.56. The van der Waals surface area contributed by atoms with Crippen LogP contribution < -0.4 is 15.4 Å². The second kappa shape index (κ2) is 9.08. The zero-order chi connectivity index (χ0) is 19.1. The molecule has 0 saturated heterocycles. The zero-order valence-electron chi connectivity index (χ0n) is 15.9. The fourth-order valence-corrected chi connectivity index (χ4v) is 2.82. The molecule has 4 nitrogen and oxygen atoms in total. The maximum atomic E-state index is 12.4. The number of amides is 1. The molecule has 0 heterocycles. The smallest absolute Gasteiger partial charge is 0.243 e. The summed E-state index contributed by atoms with van der Waals surface area (Å²) in [4.78, 5) is 12.4. The average molecular weight is 362 g/mol. The molecular weight excluding hydrogens is 336 g/mol. The predicted octanol–water partition coefficient (Wildman–Crippen LogP) is 5.32. The predicted molar refractivity (Wildman–Crippen MR) is 112 cm³/mol. The summed E-state index contributed by atoms with van der Waals surface area (Å²) in [6.07, 6.45) is 1.02. The molecule has 3 aromatic rings. The van der Waals surface area contributed by atoms with Crippen LogP contribution in [0.3, 0.4) is 0 Å². The third-order valence-electron chi connectivity index (χ3n) is 4.31. The lowest BCUT2D eigenvalue weighted by molar-refractivity contribution is -0.114. The lowest BCUT2D eigenvalue weighted by Crippen LogP contribution is -2.21. The highest BCUT2D eigenvalue weighted by Crippen LogP contribution is 2.23. The van der Waals surface area contributed by atoms with Gasteiger partial charge in [-0.2, -0.15) is 0 Å². The summed E-state index contributed by atoms with van der Waals surface area (Å²) in [6.45, 7) is 5.24. The number of hydrogen-bond donors (Lipinski definition) is 2. The van der Waals surface area contributed by atoms with Crippen LogP contribution in [0.15, 0.2) is 66.7 Å². The minimum absolute atomic E-state index is 0.0857. The number of nitrogens with one attached hydrogen (secondary N) is 2. The summed E-state index contributed by atoms with van der Waals surface area (Å²) in [5, 5.41) is 8.29. The molecule has 0 bridgehead atoms. The number of rotatable bonds is 8. The monoisotopic (exact) mass is 362 g/mol. The van der Waals surface area contributed by atoms with E-state index in [0.717, 1.165) is 34.3 Å². The van der Waals surface area contributed by atoms with E-state index in [0.29, 0.717) is 12.5 Å². The fraction of sp³-hybridized carbons (Fsp3) is 0.261. The second-order valence-electron chi connectivity index (χ2n) is 6.99. The topological polar surface area (TPSA) is 50.4 Å². The Morgan fingerprint density at radius 3 is 2.63 bits per heavy atom. The third-order valence-corrected chi connectivity index (χ3v) is 4.31. The molecule has 0 unspecified atom stereocenters. The molecule has 0 aromatic heterocycles. The molecule has 0 aliphatic rings. The van der Waals surface area contributed by atoms with E-state index in [-0.39, 0.29) is 12.5 Å². The van der Waals surface area contributed by atoms with E-state index < -0.39 is 0 Å². The highest BCUT2D eigenvalue weighted by molar-refractivity contribution is 6.03. The first-order chi connectivity index (χ1) is 13.1. The Hall–Kier alpha value is -3.01. The molecule has 0 aliphatic carbocycles. The average Bonchev–Trinajstić information content (AvgIpc) is 2.67. The Morgan fingerprint density at radius 2 is 1.78 bits per heavy atom. The maximum absolute atomic E-state index is 12.4. The number of fused-ring (bicyclic) bond motifs is 1. The van der Waals surface area contributed by atoms with Crippen molar-refractivity contribution in [1.29, 1.82) is 0 Å². The van der Waals surface area contributed by atoms with Crippen LogP contribution >= 0.6 is 0 Å². The number of anilines is 2. The summed E-state index contributed by atoms with van der Waals surface area (Å²) in [5.74, 6) is 1.34. The first-order valence-corrected chi connectivity index (χ1v) is 9.36. The number of benzene rings is 3. The van der Waals surface area contributed by atoms with E-state index in [2.05, 4.69) is 24.5 Å². The van der Waals surface area contributed by atoms with Crippen LogP contribution in [0.25, 0.3) is 10.8 Å². The van der Waals surface area contributed by atoms with Crippen LogP contribution in [0.2, 0.25) is 0 Å². The molecule has 0 atom stereocenters. The number of carbonyl (C=O) groups is 1. The van der Waals surface area contributed by atoms with E-state index in [9.17, 15) is 4.79 Å². The summed E-state index contributed by atoms with van der Waals surface area (Å²) in [7, 11) is 0. The Morgan fingerprint density at radius 1 is 1.00 bits per heavy atom. The normalized spacial score (nSPS) is 10.8. The zero-order valence-corrected chi connectivity index (χ0v) is 15.9. The molecule has 0 fully saturated rings. The first-order valence-electron chi connectivity index (χ1n) is 9.36. The molecule has 3 aromatic carbocycles. The van der Waals surface area contributed by atoms with Gasteiger partial charge in [-0.15, -0.1) is 0 Å². The third kappa shape index (κ3) is 5.48. The first kappa shape index (κ1) is 18.8. The summed E-state index contributed by atoms with van der Waals surface area (Å²) in [5.41, 5.74) is 1.69. The van der Waals surface area contributed by atoms with Gasteiger partial charge in [0.2, 0.25) is 5.91 Å². The second-order valence-corrected chi connectivity index (χ2v) is 6.99. The quantitative estimate of drug-likeness (QED) is 0.570. The molecule has 27 heavy (non-hydrogen) atoms. The van der Waals surface area contributed by atoms with Gasteiger partial charge in [-0.3, -0.25) is 4.79 Å². The van der Waals surface area contributed by atoms with Crippen LogP contribution in [0.1, 0.15) is 20.3 Å². The van der Waals surface area contributed by atoms with E-state index in [4.69, 9.17) is 4.74 Å². The van der Waals surface area contributed by atoms with Crippen molar-refractivity contribution in [2.24, 2.45) is 5.92 Å². The van der Waals surface area contributed by atoms with Gasteiger partial charge in [0.1, 0.15) is 5.75 Å². The molecule has 0 spiro atoms. The maximum Gasteiger partial charge on any atom is 0.243 e. The minimum Gasteiger partial charge on any atom is -0.494 e. The van der Waals surface area contributed by atoms with Crippen molar-refractivity contribution >= 4 is 28.1 Å². The van der Waals surface area contributed by atoms with Crippen LogP contribution in [0.5, 0.6) is 5.75 Å². The van der Waals surface area contributed by atoms with E-state index in [1.54, 1.807) is 0 Å². The van der Waals surface area contributed by atoms with Gasteiger partial charge in [-0.05, 0) is 35.9 Å². The number of hydrogen-bond acceptors (Lipinski definition) is 3. The lowest BCUT2D eigenvalue weighted by Gasteiger charge is -2.12.